The van der Waals surface area contributed by atoms with Crippen molar-refractivity contribution < 1.29 is 9.84 Å². The third-order valence-electron chi connectivity index (χ3n) is 7.96. The number of rotatable bonds is 3. The van der Waals surface area contributed by atoms with E-state index in [1.165, 1.54) is 29.5 Å². The van der Waals surface area contributed by atoms with Gasteiger partial charge in [0.15, 0.2) is 0 Å². The zero-order chi connectivity index (χ0) is 20.2. The highest BCUT2D eigenvalue weighted by molar-refractivity contribution is 5.54. The minimum absolute atomic E-state index is 0.00201. The van der Waals surface area contributed by atoms with E-state index in [-0.39, 0.29) is 11.5 Å². The lowest BCUT2D eigenvalue weighted by Crippen LogP contribution is -2.44. The molecule has 4 heteroatoms. The Bertz CT molecular complexity index is 946. The fourth-order valence-corrected chi connectivity index (χ4v) is 6.54. The van der Waals surface area contributed by atoms with Crippen molar-refractivity contribution in [1.29, 1.82) is 0 Å². The van der Waals surface area contributed by atoms with E-state index in [4.69, 9.17) is 4.74 Å². The van der Waals surface area contributed by atoms with Gasteiger partial charge in [0, 0.05) is 24.2 Å². The van der Waals surface area contributed by atoms with Crippen LogP contribution in [0.3, 0.4) is 0 Å². The van der Waals surface area contributed by atoms with Crippen molar-refractivity contribution in [3.05, 3.63) is 52.9 Å². The van der Waals surface area contributed by atoms with E-state index in [0.717, 1.165) is 37.2 Å². The van der Waals surface area contributed by atoms with Gasteiger partial charge < -0.3 is 9.84 Å². The van der Waals surface area contributed by atoms with Gasteiger partial charge in [-0.1, -0.05) is 19.1 Å². The lowest BCUT2D eigenvalue weighted by atomic mass is 9.55. The molecule has 2 aromatic rings. The van der Waals surface area contributed by atoms with Crippen LogP contribution in [0.4, 0.5) is 0 Å². The first kappa shape index (κ1) is 18.9. The van der Waals surface area contributed by atoms with E-state index in [1.54, 1.807) is 0 Å². The van der Waals surface area contributed by atoms with Crippen LogP contribution in [0.5, 0.6) is 5.75 Å². The molecule has 1 aromatic carbocycles. The number of nitrogens with zero attached hydrogens (tertiary/aromatic N) is 2. The Morgan fingerprint density at radius 2 is 2.21 bits per heavy atom. The van der Waals surface area contributed by atoms with Gasteiger partial charge in [0.2, 0.25) is 0 Å². The lowest BCUT2D eigenvalue weighted by molar-refractivity contribution is -0.0158. The highest BCUT2D eigenvalue weighted by atomic mass is 16.5. The summed E-state index contributed by atoms with van der Waals surface area (Å²) in [5.41, 5.74) is 5.30. The molecule has 4 nitrogen and oxygen atoms in total. The maximum absolute atomic E-state index is 11.3. The molecular formula is C25H32N2O2. The third-order valence-corrected chi connectivity index (χ3v) is 7.96. The van der Waals surface area contributed by atoms with Gasteiger partial charge in [-0.05, 0) is 85.6 Å². The maximum atomic E-state index is 11.3. The molecule has 2 saturated carbocycles. The number of benzene rings is 1. The molecule has 1 N–H and O–H groups in total. The predicted octanol–water partition coefficient (Wildman–Crippen LogP) is 4.73. The Morgan fingerprint density at radius 3 is 2.97 bits per heavy atom. The SMILES string of the molecule is CCOc1ccc2c(c1)CC[C@@H]1[C@@H]2CC[C@]2(C)[C@H](O)/C(=C/c3cnn(C)c3)C[C@@H]12. The minimum Gasteiger partial charge on any atom is -0.494 e. The molecule has 2 fully saturated rings. The molecule has 0 unspecified atom stereocenters. The molecule has 0 bridgehead atoms. The molecule has 0 amide bonds. The zero-order valence-electron chi connectivity index (χ0n) is 17.8. The quantitative estimate of drug-likeness (QED) is 0.821. The summed E-state index contributed by atoms with van der Waals surface area (Å²) < 4.78 is 7.56. The molecule has 0 saturated heterocycles. The Labute approximate surface area is 173 Å². The fourth-order valence-electron chi connectivity index (χ4n) is 6.54. The number of fused-ring (bicyclic) bond motifs is 5. The van der Waals surface area contributed by atoms with Crippen molar-refractivity contribution in [3.8, 4) is 5.75 Å². The van der Waals surface area contributed by atoms with E-state index >= 15 is 0 Å². The summed E-state index contributed by atoms with van der Waals surface area (Å²) in [4.78, 5) is 0. The first-order valence-electron chi connectivity index (χ1n) is 11.1. The van der Waals surface area contributed by atoms with Crippen LogP contribution in [-0.2, 0) is 13.5 Å². The molecular weight excluding hydrogens is 360 g/mol. The van der Waals surface area contributed by atoms with Crippen molar-refractivity contribution in [2.24, 2.45) is 24.3 Å². The van der Waals surface area contributed by atoms with E-state index in [9.17, 15) is 5.11 Å². The number of aryl methyl sites for hydroxylation is 2. The van der Waals surface area contributed by atoms with Crippen LogP contribution in [-0.4, -0.2) is 27.6 Å². The molecule has 29 heavy (non-hydrogen) atoms. The van der Waals surface area contributed by atoms with Crippen LogP contribution in [0.25, 0.3) is 6.08 Å². The average Bonchev–Trinajstić information content (AvgIpc) is 3.23. The molecule has 3 aliphatic carbocycles. The van der Waals surface area contributed by atoms with Crippen molar-refractivity contribution in [1.82, 2.24) is 9.78 Å². The number of ether oxygens (including phenoxy) is 1. The van der Waals surface area contributed by atoms with Crippen molar-refractivity contribution in [2.45, 2.75) is 58.0 Å². The number of hydrogen-bond donors (Lipinski definition) is 1. The second-order valence-corrected chi connectivity index (χ2v) is 9.53. The Hall–Kier alpha value is -2.07. The highest BCUT2D eigenvalue weighted by Gasteiger charge is 2.56. The first-order valence-corrected chi connectivity index (χ1v) is 11.1. The fraction of sp³-hybridized carbons (Fsp3) is 0.560. The Balaban J connectivity index is 1.44. The summed E-state index contributed by atoms with van der Waals surface area (Å²) in [5, 5.41) is 15.6. The standard InChI is InChI=1S/C25H32N2O2/c1-4-29-19-6-8-20-17(12-19)5-7-22-21(20)9-10-25(2)23(22)13-18(24(25)28)11-16-14-26-27(3)15-16/h6,8,11-12,14-15,21-24,28H,4-5,7,9-10,13H2,1-3H3/b18-11+/t21-,22-,23+,24-,25+/m1/s1. The van der Waals surface area contributed by atoms with E-state index in [2.05, 4.69) is 36.3 Å². The molecule has 1 heterocycles. The van der Waals surface area contributed by atoms with E-state index in [1.807, 2.05) is 31.0 Å². The zero-order valence-corrected chi connectivity index (χ0v) is 17.8. The number of aromatic nitrogens is 2. The number of aliphatic hydroxyl groups excluding tert-OH is 1. The topological polar surface area (TPSA) is 47.3 Å². The Kier molecular flexibility index (Phi) is 4.58. The molecule has 154 valence electrons. The van der Waals surface area contributed by atoms with Crippen LogP contribution in [0.15, 0.2) is 36.2 Å². The molecule has 1 aromatic heterocycles. The molecule has 0 spiro atoms. The molecule has 0 aliphatic heterocycles. The summed E-state index contributed by atoms with van der Waals surface area (Å²) in [6, 6.07) is 6.73. The van der Waals surface area contributed by atoms with Crippen LogP contribution in [0, 0.1) is 17.3 Å². The summed E-state index contributed by atoms with van der Waals surface area (Å²) in [6.45, 7) is 5.09. The average molecular weight is 393 g/mol. The molecule has 5 rings (SSSR count). The van der Waals surface area contributed by atoms with Gasteiger partial charge in [-0.3, -0.25) is 4.68 Å². The van der Waals surface area contributed by atoms with E-state index < -0.39 is 0 Å². The minimum atomic E-state index is -0.338. The van der Waals surface area contributed by atoms with E-state index in [0.29, 0.717) is 17.8 Å². The van der Waals surface area contributed by atoms with Crippen molar-refractivity contribution >= 4 is 6.08 Å². The van der Waals surface area contributed by atoms with Crippen LogP contribution >= 0.6 is 0 Å². The second-order valence-electron chi connectivity index (χ2n) is 9.53. The summed E-state index contributed by atoms with van der Waals surface area (Å²) in [5.74, 6) is 2.84. The number of aliphatic hydroxyl groups is 1. The lowest BCUT2D eigenvalue weighted by Gasteiger charge is -2.49. The van der Waals surface area contributed by atoms with Crippen LogP contribution < -0.4 is 4.74 Å². The third kappa shape index (κ3) is 3.04. The molecule has 5 atom stereocenters. The van der Waals surface area contributed by atoms with Gasteiger partial charge in [0.1, 0.15) is 5.75 Å². The molecule has 0 radical (unpaired) electrons. The summed E-state index contributed by atoms with van der Waals surface area (Å²) in [7, 11) is 1.94. The highest BCUT2D eigenvalue weighted by Crippen LogP contribution is 2.62. The largest absolute Gasteiger partial charge is 0.494 e. The van der Waals surface area contributed by atoms with Gasteiger partial charge in [-0.25, -0.2) is 0 Å². The van der Waals surface area contributed by atoms with Crippen molar-refractivity contribution in [2.75, 3.05) is 6.61 Å². The second kappa shape index (κ2) is 7.02. The van der Waals surface area contributed by atoms with Gasteiger partial charge in [-0.2, -0.15) is 5.10 Å². The van der Waals surface area contributed by atoms with Crippen molar-refractivity contribution in [3.63, 3.8) is 0 Å². The first-order chi connectivity index (χ1) is 14.0. The predicted molar refractivity (Wildman–Crippen MR) is 115 cm³/mol. The van der Waals surface area contributed by atoms with Gasteiger partial charge in [0.05, 0.1) is 18.9 Å². The monoisotopic (exact) mass is 392 g/mol. The molecule has 3 aliphatic rings. The maximum Gasteiger partial charge on any atom is 0.119 e. The smallest absolute Gasteiger partial charge is 0.119 e. The van der Waals surface area contributed by atoms with Crippen LogP contribution in [0.2, 0.25) is 0 Å². The summed E-state index contributed by atoms with van der Waals surface area (Å²) in [6.07, 6.45) is 11.4. The number of hydrogen-bond acceptors (Lipinski definition) is 3. The van der Waals surface area contributed by atoms with Crippen LogP contribution in [0.1, 0.15) is 62.1 Å². The normalized spacial score (nSPS) is 34.6. The Morgan fingerprint density at radius 1 is 1.34 bits per heavy atom. The van der Waals surface area contributed by atoms with Gasteiger partial charge in [-0.15, -0.1) is 0 Å². The van der Waals surface area contributed by atoms with Gasteiger partial charge in [0.25, 0.3) is 0 Å². The van der Waals surface area contributed by atoms with Gasteiger partial charge >= 0.3 is 0 Å². The summed E-state index contributed by atoms with van der Waals surface area (Å²) >= 11 is 0.